The van der Waals surface area contributed by atoms with Gasteiger partial charge in [0.2, 0.25) is 0 Å². The van der Waals surface area contributed by atoms with Gasteiger partial charge in [0.05, 0.1) is 35.6 Å². The Bertz CT molecular complexity index is 583. The third kappa shape index (κ3) is 2.58. The van der Waals surface area contributed by atoms with E-state index in [9.17, 15) is 0 Å². The number of fused-ring (bicyclic) bond motifs is 1. The van der Waals surface area contributed by atoms with Crippen LogP contribution in [0.15, 0.2) is 24.4 Å². The van der Waals surface area contributed by atoms with Crippen LogP contribution >= 0.6 is 15.9 Å². The maximum Gasteiger partial charge on any atom is 0.163 e. The number of hydrogen-bond acceptors (Lipinski definition) is 4. The van der Waals surface area contributed by atoms with Gasteiger partial charge < -0.3 is 9.47 Å². The lowest BCUT2D eigenvalue weighted by atomic mass is 10.2. The van der Waals surface area contributed by atoms with Crippen molar-refractivity contribution >= 4 is 15.9 Å². The topological polar surface area (TPSA) is 49.2 Å². The lowest BCUT2D eigenvalue weighted by molar-refractivity contribution is 0.297. The first kappa shape index (κ1) is 12.5. The quantitative estimate of drug-likeness (QED) is 0.797. The number of alkyl halides is 1. The molecule has 2 heterocycles. The summed E-state index contributed by atoms with van der Waals surface area (Å²) in [7, 11) is 0. The van der Waals surface area contributed by atoms with Gasteiger partial charge in [-0.1, -0.05) is 21.1 Å². The highest BCUT2D eigenvalue weighted by molar-refractivity contribution is 9.09. The molecule has 0 amide bonds. The van der Waals surface area contributed by atoms with E-state index in [4.69, 9.17) is 9.47 Å². The van der Waals surface area contributed by atoms with E-state index in [1.165, 1.54) is 0 Å². The molecule has 0 aliphatic carbocycles. The van der Waals surface area contributed by atoms with Crippen LogP contribution in [0.4, 0.5) is 0 Å². The molecule has 0 fully saturated rings. The van der Waals surface area contributed by atoms with E-state index >= 15 is 0 Å². The molecule has 0 bridgehead atoms. The summed E-state index contributed by atoms with van der Waals surface area (Å²) < 4.78 is 13.0. The van der Waals surface area contributed by atoms with Crippen molar-refractivity contribution in [2.24, 2.45) is 0 Å². The maximum absolute atomic E-state index is 5.67. The molecule has 100 valence electrons. The molecule has 19 heavy (non-hydrogen) atoms. The van der Waals surface area contributed by atoms with Crippen molar-refractivity contribution in [2.45, 2.75) is 18.2 Å². The van der Waals surface area contributed by atoms with E-state index in [-0.39, 0.29) is 4.83 Å². The highest BCUT2D eigenvalue weighted by atomic mass is 79.9. The molecule has 6 heteroatoms. The molecule has 1 aliphatic rings. The van der Waals surface area contributed by atoms with E-state index in [0.29, 0.717) is 13.2 Å². The van der Waals surface area contributed by atoms with Crippen molar-refractivity contribution in [2.75, 3.05) is 13.2 Å². The zero-order valence-electron chi connectivity index (χ0n) is 10.5. The molecule has 2 aromatic rings. The van der Waals surface area contributed by atoms with Gasteiger partial charge in [0.25, 0.3) is 0 Å². The SMILES string of the molecule is CC(Br)c1cn(-c2ccc3c(c2)OCCCO3)nn1. The van der Waals surface area contributed by atoms with E-state index in [1.54, 1.807) is 4.68 Å². The second-order valence-electron chi connectivity index (χ2n) is 4.39. The third-order valence-corrected chi connectivity index (χ3v) is 3.38. The van der Waals surface area contributed by atoms with E-state index in [2.05, 4.69) is 26.2 Å². The first-order valence-electron chi connectivity index (χ1n) is 6.20. The van der Waals surface area contributed by atoms with Gasteiger partial charge in [0.1, 0.15) is 0 Å². The largest absolute Gasteiger partial charge is 0.490 e. The number of aromatic nitrogens is 3. The van der Waals surface area contributed by atoms with Crippen molar-refractivity contribution < 1.29 is 9.47 Å². The fourth-order valence-corrected chi connectivity index (χ4v) is 2.09. The summed E-state index contributed by atoms with van der Waals surface area (Å²) >= 11 is 3.48. The van der Waals surface area contributed by atoms with Crippen molar-refractivity contribution in [3.63, 3.8) is 0 Å². The molecular formula is C13H14BrN3O2. The number of ether oxygens (including phenoxy) is 2. The highest BCUT2D eigenvalue weighted by Gasteiger charge is 2.13. The van der Waals surface area contributed by atoms with E-state index < -0.39 is 0 Å². The lowest BCUT2D eigenvalue weighted by Gasteiger charge is -2.08. The molecule has 0 N–H and O–H groups in total. The summed E-state index contributed by atoms with van der Waals surface area (Å²) in [5, 5.41) is 8.24. The number of rotatable bonds is 2. The Hall–Kier alpha value is -1.56. The zero-order chi connectivity index (χ0) is 13.2. The summed E-state index contributed by atoms with van der Waals surface area (Å²) in [5.74, 6) is 1.55. The van der Waals surface area contributed by atoms with Crippen molar-refractivity contribution in [3.05, 3.63) is 30.1 Å². The highest BCUT2D eigenvalue weighted by Crippen LogP contribution is 2.31. The van der Waals surface area contributed by atoms with Crippen LogP contribution in [0.5, 0.6) is 11.5 Å². The molecule has 3 rings (SSSR count). The van der Waals surface area contributed by atoms with Crippen LogP contribution in [0, 0.1) is 0 Å². The summed E-state index contributed by atoms with van der Waals surface area (Å²) in [6.07, 6.45) is 2.80. The Morgan fingerprint density at radius 2 is 2.05 bits per heavy atom. The molecular weight excluding hydrogens is 310 g/mol. The molecule has 1 aliphatic heterocycles. The fourth-order valence-electron chi connectivity index (χ4n) is 1.88. The van der Waals surface area contributed by atoms with Crippen LogP contribution < -0.4 is 9.47 Å². The first-order valence-corrected chi connectivity index (χ1v) is 7.12. The van der Waals surface area contributed by atoms with Gasteiger partial charge in [-0.05, 0) is 19.1 Å². The number of benzene rings is 1. The van der Waals surface area contributed by atoms with E-state index in [1.807, 2.05) is 31.3 Å². The van der Waals surface area contributed by atoms with Crippen LogP contribution in [0.25, 0.3) is 5.69 Å². The minimum Gasteiger partial charge on any atom is -0.490 e. The van der Waals surface area contributed by atoms with Crippen molar-refractivity contribution in [1.29, 1.82) is 0 Å². The number of nitrogens with zero attached hydrogens (tertiary/aromatic N) is 3. The number of hydrogen-bond donors (Lipinski definition) is 0. The monoisotopic (exact) mass is 323 g/mol. The maximum atomic E-state index is 5.67. The van der Waals surface area contributed by atoms with Crippen LogP contribution in [0.1, 0.15) is 23.9 Å². The van der Waals surface area contributed by atoms with Gasteiger partial charge in [-0.25, -0.2) is 4.68 Å². The normalized spacial score (nSPS) is 15.9. The van der Waals surface area contributed by atoms with Gasteiger partial charge in [0, 0.05) is 12.5 Å². The lowest BCUT2D eigenvalue weighted by Crippen LogP contribution is -1.98. The average molecular weight is 324 g/mol. The van der Waals surface area contributed by atoms with Gasteiger partial charge >= 0.3 is 0 Å². The first-order chi connectivity index (χ1) is 9.24. The van der Waals surface area contributed by atoms with E-state index in [0.717, 1.165) is 29.3 Å². The summed E-state index contributed by atoms with van der Waals surface area (Å²) in [5.41, 5.74) is 1.81. The fraction of sp³-hybridized carbons (Fsp3) is 0.385. The van der Waals surface area contributed by atoms with Crippen molar-refractivity contribution in [3.8, 4) is 17.2 Å². The van der Waals surface area contributed by atoms with Gasteiger partial charge in [0.15, 0.2) is 11.5 Å². The zero-order valence-corrected chi connectivity index (χ0v) is 12.1. The van der Waals surface area contributed by atoms with Crippen LogP contribution in [-0.2, 0) is 0 Å². The Balaban J connectivity index is 1.94. The molecule has 5 nitrogen and oxygen atoms in total. The molecule has 1 atom stereocenters. The molecule has 0 saturated carbocycles. The van der Waals surface area contributed by atoms with Crippen LogP contribution in [-0.4, -0.2) is 28.2 Å². The van der Waals surface area contributed by atoms with Gasteiger partial charge in [-0.2, -0.15) is 0 Å². The van der Waals surface area contributed by atoms with Crippen LogP contribution in [0.3, 0.4) is 0 Å². The Labute approximate surface area is 119 Å². The molecule has 0 saturated heterocycles. The minimum atomic E-state index is 0.182. The standard InChI is InChI=1S/C13H14BrN3O2/c1-9(14)11-8-17(16-15-11)10-3-4-12-13(7-10)19-6-2-5-18-12/h3-4,7-9H,2,5-6H2,1H3. The summed E-state index contributed by atoms with van der Waals surface area (Å²) in [4.78, 5) is 0.182. The molecule has 1 aromatic carbocycles. The Morgan fingerprint density at radius 1 is 1.26 bits per heavy atom. The summed E-state index contributed by atoms with van der Waals surface area (Å²) in [6, 6.07) is 5.79. The molecule has 1 aromatic heterocycles. The van der Waals surface area contributed by atoms with Crippen molar-refractivity contribution in [1.82, 2.24) is 15.0 Å². The smallest absolute Gasteiger partial charge is 0.163 e. The Kier molecular flexibility index (Phi) is 3.42. The van der Waals surface area contributed by atoms with Gasteiger partial charge in [-0.15, -0.1) is 5.10 Å². The summed E-state index contributed by atoms with van der Waals surface area (Å²) in [6.45, 7) is 3.39. The molecule has 0 radical (unpaired) electrons. The van der Waals surface area contributed by atoms with Gasteiger partial charge in [-0.3, -0.25) is 0 Å². The van der Waals surface area contributed by atoms with Crippen LogP contribution in [0.2, 0.25) is 0 Å². The predicted octanol–water partition coefficient (Wildman–Crippen LogP) is 2.88. The number of halogens is 1. The average Bonchev–Trinajstić information content (AvgIpc) is 2.78. The molecule has 1 unspecified atom stereocenters. The second kappa shape index (κ2) is 5.21. The minimum absolute atomic E-state index is 0.182. The molecule has 0 spiro atoms. The Morgan fingerprint density at radius 3 is 2.79 bits per heavy atom. The third-order valence-electron chi connectivity index (χ3n) is 2.91. The second-order valence-corrected chi connectivity index (χ2v) is 5.76. The predicted molar refractivity (Wildman–Crippen MR) is 74.3 cm³/mol.